The first-order valence-corrected chi connectivity index (χ1v) is 7.10. The van der Waals surface area contributed by atoms with Gasteiger partial charge in [0.1, 0.15) is 5.82 Å². The maximum Gasteiger partial charge on any atom is 0.159 e. The number of thioether (sulfide) groups is 1. The first kappa shape index (κ1) is 14.1. The number of carbonyl (C=O) groups excluding carboxylic acids is 1. The molecule has 0 spiro atoms. The quantitative estimate of drug-likeness (QED) is 0.585. The largest absolute Gasteiger partial charge is 0.295 e. The highest BCUT2D eigenvalue weighted by molar-refractivity contribution is 7.98. The molecular weight excluding hydrogens is 283 g/mol. The molecule has 0 unspecified atom stereocenters. The second-order valence-corrected chi connectivity index (χ2v) is 5.56. The first-order valence-electron chi connectivity index (χ1n) is 5.74. The van der Waals surface area contributed by atoms with Crippen molar-refractivity contribution in [2.45, 2.75) is 17.6 Å². The number of rotatable bonds is 4. The van der Waals surface area contributed by atoms with E-state index in [1.54, 1.807) is 30.8 Å². The molecule has 98 valence electrons. The van der Waals surface area contributed by atoms with Crippen LogP contribution in [-0.2, 0) is 5.75 Å². The van der Waals surface area contributed by atoms with Crippen molar-refractivity contribution in [3.05, 3.63) is 64.4 Å². The lowest BCUT2D eigenvalue weighted by atomic mass is 10.2. The molecule has 0 bridgehead atoms. The maximum atomic E-state index is 12.9. The minimum atomic E-state index is -0.336. The summed E-state index contributed by atoms with van der Waals surface area (Å²) in [5.74, 6) is 0.347. The third kappa shape index (κ3) is 3.82. The van der Waals surface area contributed by atoms with Gasteiger partial charge in [-0.2, -0.15) is 0 Å². The lowest BCUT2D eigenvalue weighted by molar-refractivity contribution is 0.101. The summed E-state index contributed by atoms with van der Waals surface area (Å²) >= 11 is 7.54. The molecule has 0 aromatic heterocycles. The number of ketones is 1. The van der Waals surface area contributed by atoms with Crippen LogP contribution in [0.3, 0.4) is 0 Å². The molecule has 0 N–H and O–H groups in total. The molecule has 0 radical (unpaired) electrons. The lowest BCUT2D eigenvalue weighted by Gasteiger charge is -2.05. The summed E-state index contributed by atoms with van der Waals surface area (Å²) in [6, 6.07) is 11.8. The first-order chi connectivity index (χ1) is 9.06. The van der Waals surface area contributed by atoms with Crippen LogP contribution < -0.4 is 0 Å². The number of halogens is 2. The molecule has 1 nitrogen and oxygen atoms in total. The summed E-state index contributed by atoms with van der Waals surface area (Å²) in [5, 5.41) is 0.426. The molecule has 0 aliphatic rings. The van der Waals surface area contributed by atoms with E-state index in [2.05, 4.69) is 0 Å². The van der Waals surface area contributed by atoms with E-state index in [1.165, 1.54) is 12.1 Å². The van der Waals surface area contributed by atoms with E-state index < -0.39 is 0 Å². The van der Waals surface area contributed by atoms with Crippen molar-refractivity contribution in [3.8, 4) is 0 Å². The normalized spacial score (nSPS) is 10.5. The van der Waals surface area contributed by atoms with Crippen LogP contribution in [0, 0.1) is 5.82 Å². The molecule has 0 aliphatic carbocycles. The van der Waals surface area contributed by atoms with Gasteiger partial charge in [0.25, 0.3) is 0 Å². The van der Waals surface area contributed by atoms with Crippen molar-refractivity contribution in [2.75, 3.05) is 0 Å². The number of Topliss-reactive ketones (excluding diaryl/α,β-unsaturated/α-hetero) is 1. The second kappa shape index (κ2) is 6.22. The standard InChI is InChI=1S/C15H12ClFOS/c1-10(18)11-3-2-4-14(7-11)19-9-12-5-6-13(17)8-15(12)16/h2-8H,9H2,1H3. The van der Waals surface area contributed by atoms with Gasteiger partial charge >= 0.3 is 0 Å². The van der Waals surface area contributed by atoms with Crippen molar-refractivity contribution in [2.24, 2.45) is 0 Å². The van der Waals surface area contributed by atoms with Gasteiger partial charge in [0.2, 0.25) is 0 Å². The third-order valence-corrected chi connectivity index (χ3v) is 4.04. The molecule has 0 saturated heterocycles. The molecule has 4 heteroatoms. The minimum absolute atomic E-state index is 0.0438. The molecule has 2 aromatic carbocycles. The van der Waals surface area contributed by atoms with E-state index in [4.69, 9.17) is 11.6 Å². The van der Waals surface area contributed by atoms with Gasteiger partial charge in [-0.05, 0) is 36.8 Å². The number of hydrogen-bond acceptors (Lipinski definition) is 2. The molecular formula is C15H12ClFOS. The summed E-state index contributed by atoms with van der Waals surface area (Å²) in [4.78, 5) is 12.3. The zero-order valence-corrected chi connectivity index (χ0v) is 11.9. The average molecular weight is 295 g/mol. The van der Waals surface area contributed by atoms with E-state index in [0.717, 1.165) is 10.5 Å². The number of carbonyl (C=O) groups is 1. The third-order valence-electron chi connectivity index (χ3n) is 2.65. The van der Waals surface area contributed by atoms with E-state index in [1.807, 2.05) is 18.2 Å². The Balaban J connectivity index is 2.10. The highest BCUT2D eigenvalue weighted by atomic mass is 35.5. The number of benzene rings is 2. The Kier molecular flexibility index (Phi) is 4.61. The van der Waals surface area contributed by atoms with Gasteiger partial charge in [-0.3, -0.25) is 4.79 Å². The fraction of sp³-hybridized carbons (Fsp3) is 0.133. The summed E-state index contributed by atoms with van der Waals surface area (Å²) < 4.78 is 12.9. The predicted octanol–water partition coefficient (Wildman–Crippen LogP) is 4.97. The van der Waals surface area contributed by atoms with Crippen LogP contribution in [0.1, 0.15) is 22.8 Å². The Morgan fingerprint density at radius 2 is 2.05 bits per heavy atom. The van der Waals surface area contributed by atoms with Gasteiger partial charge in [0, 0.05) is 21.2 Å². The smallest absolute Gasteiger partial charge is 0.159 e. The van der Waals surface area contributed by atoms with E-state index >= 15 is 0 Å². The summed E-state index contributed by atoms with van der Waals surface area (Å²) in [5.41, 5.74) is 1.57. The molecule has 0 aliphatic heterocycles. The Hall–Kier alpha value is -1.32. The van der Waals surface area contributed by atoms with E-state index in [9.17, 15) is 9.18 Å². The van der Waals surface area contributed by atoms with Crippen molar-refractivity contribution in [1.29, 1.82) is 0 Å². The monoisotopic (exact) mass is 294 g/mol. The van der Waals surface area contributed by atoms with Gasteiger partial charge in [0.15, 0.2) is 5.78 Å². The zero-order chi connectivity index (χ0) is 13.8. The molecule has 0 atom stereocenters. The van der Waals surface area contributed by atoms with Crippen molar-refractivity contribution >= 4 is 29.1 Å². The average Bonchev–Trinajstić information content (AvgIpc) is 2.38. The fourth-order valence-electron chi connectivity index (χ4n) is 1.60. The van der Waals surface area contributed by atoms with Crippen LogP contribution in [0.25, 0.3) is 0 Å². The van der Waals surface area contributed by atoms with Gasteiger partial charge in [-0.1, -0.05) is 29.8 Å². The molecule has 0 saturated carbocycles. The highest BCUT2D eigenvalue weighted by Gasteiger charge is 2.05. The van der Waals surface area contributed by atoms with Crippen LogP contribution >= 0.6 is 23.4 Å². The SMILES string of the molecule is CC(=O)c1cccc(SCc2ccc(F)cc2Cl)c1. The second-order valence-electron chi connectivity index (χ2n) is 4.11. The van der Waals surface area contributed by atoms with Gasteiger partial charge in [-0.25, -0.2) is 4.39 Å². The molecule has 0 heterocycles. The van der Waals surface area contributed by atoms with Crippen LogP contribution in [-0.4, -0.2) is 5.78 Å². The van der Waals surface area contributed by atoms with E-state index in [0.29, 0.717) is 16.3 Å². The summed E-state index contributed by atoms with van der Waals surface area (Å²) in [7, 11) is 0. The number of hydrogen-bond donors (Lipinski definition) is 0. The Bertz CT molecular complexity index is 613. The summed E-state index contributed by atoms with van der Waals surface area (Å²) in [6.07, 6.45) is 0. The van der Waals surface area contributed by atoms with Gasteiger partial charge in [-0.15, -0.1) is 11.8 Å². The van der Waals surface area contributed by atoms with Crippen LogP contribution in [0.5, 0.6) is 0 Å². The topological polar surface area (TPSA) is 17.1 Å². The van der Waals surface area contributed by atoms with Crippen molar-refractivity contribution in [1.82, 2.24) is 0 Å². The van der Waals surface area contributed by atoms with Crippen LogP contribution in [0.15, 0.2) is 47.4 Å². The minimum Gasteiger partial charge on any atom is -0.295 e. The highest BCUT2D eigenvalue weighted by Crippen LogP contribution is 2.27. The van der Waals surface area contributed by atoms with Crippen LogP contribution in [0.2, 0.25) is 5.02 Å². The maximum absolute atomic E-state index is 12.9. The van der Waals surface area contributed by atoms with Crippen LogP contribution in [0.4, 0.5) is 4.39 Å². The molecule has 0 amide bonds. The molecule has 2 aromatic rings. The Labute approximate surface area is 120 Å². The van der Waals surface area contributed by atoms with E-state index in [-0.39, 0.29) is 11.6 Å². The Morgan fingerprint density at radius 3 is 2.74 bits per heavy atom. The van der Waals surface area contributed by atoms with Crippen molar-refractivity contribution < 1.29 is 9.18 Å². The predicted molar refractivity (Wildman–Crippen MR) is 77.4 cm³/mol. The molecule has 19 heavy (non-hydrogen) atoms. The fourth-order valence-corrected chi connectivity index (χ4v) is 2.88. The van der Waals surface area contributed by atoms with Gasteiger partial charge in [0.05, 0.1) is 0 Å². The zero-order valence-electron chi connectivity index (χ0n) is 10.3. The van der Waals surface area contributed by atoms with Crippen molar-refractivity contribution in [3.63, 3.8) is 0 Å². The molecule has 2 rings (SSSR count). The molecule has 0 fully saturated rings. The van der Waals surface area contributed by atoms with Gasteiger partial charge < -0.3 is 0 Å². The Morgan fingerprint density at radius 1 is 1.26 bits per heavy atom. The summed E-state index contributed by atoms with van der Waals surface area (Å²) in [6.45, 7) is 1.54. The lowest BCUT2D eigenvalue weighted by Crippen LogP contribution is -1.91.